The van der Waals surface area contributed by atoms with E-state index in [0.29, 0.717) is 0 Å². The van der Waals surface area contributed by atoms with Gasteiger partial charge in [-0.3, -0.25) is 5.10 Å². The Labute approximate surface area is 117 Å². The van der Waals surface area contributed by atoms with Gasteiger partial charge in [-0.2, -0.15) is 0 Å². The highest BCUT2D eigenvalue weighted by molar-refractivity contribution is 7.99. The molecule has 0 amide bonds. The summed E-state index contributed by atoms with van der Waals surface area (Å²) in [5.74, 6) is 1.64. The Morgan fingerprint density at radius 2 is 2.00 bits per heavy atom. The minimum absolute atomic E-state index is 0.00259. The van der Waals surface area contributed by atoms with E-state index in [2.05, 4.69) is 15.2 Å². The average molecular weight is 278 g/mol. The van der Waals surface area contributed by atoms with Crippen molar-refractivity contribution < 1.29 is 4.74 Å². The van der Waals surface area contributed by atoms with Gasteiger partial charge in [0.25, 0.3) is 0 Å². The predicted octanol–water partition coefficient (Wildman–Crippen LogP) is 2.30. The maximum atomic E-state index is 6.08. The van der Waals surface area contributed by atoms with Gasteiger partial charge < -0.3 is 10.5 Å². The van der Waals surface area contributed by atoms with Crippen molar-refractivity contribution in [1.82, 2.24) is 15.2 Å². The van der Waals surface area contributed by atoms with Gasteiger partial charge in [0.05, 0.1) is 12.4 Å². The van der Waals surface area contributed by atoms with Crippen LogP contribution in [0.3, 0.4) is 0 Å². The second kappa shape index (κ2) is 6.08. The third kappa shape index (κ3) is 3.48. The molecule has 3 N–H and O–H groups in total. The van der Waals surface area contributed by atoms with Crippen molar-refractivity contribution in [3.05, 3.63) is 35.7 Å². The van der Waals surface area contributed by atoms with Gasteiger partial charge in [0.15, 0.2) is 0 Å². The standard InChI is InChI=1S/C13H18N4OS/c1-8(14)12(19-13-15-9(2)16-17-13)10-4-6-11(18-3)7-5-10/h4-8,12H,14H2,1-3H3,(H,15,16,17). The van der Waals surface area contributed by atoms with Crippen molar-refractivity contribution in [3.63, 3.8) is 0 Å². The number of rotatable bonds is 5. The summed E-state index contributed by atoms with van der Waals surface area (Å²) in [6, 6.07) is 7.93. The molecule has 1 aromatic heterocycles. The summed E-state index contributed by atoms with van der Waals surface area (Å²) in [5.41, 5.74) is 7.22. The lowest BCUT2D eigenvalue weighted by molar-refractivity contribution is 0.414. The first kappa shape index (κ1) is 13.9. The average Bonchev–Trinajstić information content (AvgIpc) is 2.81. The number of methoxy groups -OCH3 is 1. The zero-order valence-corrected chi connectivity index (χ0v) is 12.1. The molecule has 0 fully saturated rings. The molecule has 2 unspecified atom stereocenters. The van der Waals surface area contributed by atoms with Crippen molar-refractivity contribution >= 4 is 11.8 Å². The molecule has 2 aromatic rings. The van der Waals surface area contributed by atoms with Crippen molar-refractivity contribution in [1.29, 1.82) is 0 Å². The number of benzene rings is 1. The molecule has 0 saturated heterocycles. The molecule has 19 heavy (non-hydrogen) atoms. The number of aromatic amines is 1. The molecule has 0 aliphatic heterocycles. The van der Waals surface area contributed by atoms with E-state index >= 15 is 0 Å². The van der Waals surface area contributed by atoms with Gasteiger partial charge in [-0.15, -0.1) is 5.10 Å². The van der Waals surface area contributed by atoms with Crippen LogP contribution in [0, 0.1) is 6.92 Å². The third-order valence-electron chi connectivity index (χ3n) is 2.73. The Balaban J connectivity index is 2.19. The highest BCUT2D eigenvalue weighted by atomic mass is 32.2. The van der Waals surface area contributed by atoms with Gasteiger partial charge in [0.2, 0.25) is 5.16 Å². The molecule has 5 nitrogen and oxygen atoms in total. The lowest BCUT2D eigenvalue weighted by atomic mass is 10.1. The van der Waals surface area contributed by atoms with Gasteiger partial charge in [0.1, 0.15) is 11.6 Å². The number of aryl methyl sites for hydroxylation is 1. The summed E-state index contributed by atoms with van der Waals surface area (Å²) in [7, 11) is 1.66. The molecule has 6 heteroatoms. The quantitative estimate of drug-likeness (QED) is 0.821. The fourth-order valence-electron chi connectivity index (χ4n) is 1.76. The molecular formula is C13H18N4OS. The van der Waals surface area contributed by atoms with Crippen molar-refractivity contribution in [2.45, 2.75) is 30.3 Å². The number of hydrogen-bond acceptors (Lipinski definition) is 5. The van der Waals surface area contributed by atoms with Gasteiger partial charge >= 0.3 is 0 Å². The minimum Gasteiger partial charge on any atom is -0.497 e. The van der Waals surface area contributed by atoms with Crippen LogP contribution in [0.1, 0.15) is 23.6 Å². The molecule has 2 rings (SSSR count). The molecule has 0 radical (unpaired) electrons. The Morgan fingerprint density at radius 1 is 1.32 bits per heavy atom. The first-order valence-corrected chi connectivity index (χ1v) is 6.93. The van der Waals surface area contributed by atoms with Crippen molar-refractivity contribution in [2.24, 2.45) is 5.73 Å². The van der Waals surface area contributed by atoms with Crippen LogP contribution in [-0.2, 0) is 0 Å². The summed E-state index contributed by atoms with van der Waals surface area (Å²) in [6.45, 7) is 3.87. The molecule has 102 valence electrons. The molecule has 2 atom stereocenters. The van der Waals surface area contributed by atoms with E-state index in [1.165, 1.54) is 0 Å². The van der Waals surface area contributed by atoms with Gasteiger partial charge in [-0.25, -0.2) is 4.98 Å². The Hall–Kier alpha value is -1.53. The van der Waals surface area contributed by atoms with Gasteiger partial charge in [-0.05, 0) is 31.5 Å². The summed E-state index contributed by atoms with van der Waals surface area (Å²) in [5, 5.41) is 7.81. The lowest BCUT2D eigenvalue weighted by Gasteiger charge is -2.19. The van der Waals surface area contributed by atoms with Gasteiger partial charge in [0, 0.05) is 6.04 Å². The normalized spacial score (nSPS) is 14.1. The van der Waals surface area contributed by atoms with Crippen LogP contribution in [0.5, 0.6) is 5.75 Å². The van der Waals surface area contributed by atoms with E-state index in [1.54, 1.807) is 18.9 Å². The third-order valence-corrected chi connectivity index (χ3v) is 4.08. The maximum absolute atomic E-state index is 6.08. The predicted molar refractivity (Wildman–Crippen MR) is 76.4 cm³/mol. The first-order valence-electron chi connectivity index (χ1n) is 6.05. The number of nitrogens with zero attached hydrogens (tertiary/aromatic N) is 2. The monoisotopic (exact) mass is 278 g/mol. The maximum Gasteiger partial charge on any atom is 0.209 e. The van der Waals surface area contributed by atoms with Crippen molar-refractivity contribution in [2.75, 3.05) is 7.11 Å². The molecule has 0 saturated carbocycles. The lowest BCUT2D eigenvalue weighted by Crippen LogP contribution is -2.22. The number of aromatic nitrogens is 3. The molecule has 0 bridgehead atoms. The highest BCUT2D eigenvalue weighted by Crippen LogP contribution is 2.35. The zero-order chi connectivity index (χ0) is 13.8. The topological polar surface area (TPSA) is 76.8 Å². The number of nitrogens with one attached hydrogen (secondary N) is 1. The summed E-state index contributed by atoms with van der Waals surface area (Å²) >= 11 is 1.56. The largest absolute Gasteiger partial charge is 0.497 e. The van der Waals surface area contributed by atoms with E-state index < -0.39 is 0 Å². The highest BCUT2D eigenvalue weighted by Gasteiger charge is 2.19. The second-order valence-electron chi connectivity index (χ2n) is 4.37. The van der Waals surface area contributed by atoms with Crippen LogP contribution < -0.4 is 10.5 Å². The fourth-order valence-corrected chi connectivity index (χ4v) is 2.78. The molecular weight excluding hydrogens is 260 g/mol. The smallest absolute Gasteiger partial charge is 0.209 e. The van der Waals surface area contributed by atoms with E-state index in [0.717, 1.165) is 22.3 Å². The molecule has 1 aromatic carbocycles. The van der Waals surface area contributed by atoms with E-state index in [1.807, 2.05) is 38.1 Å². The fraction of sp³-hybridized carbons (Fsp3) is 0.385. The molecule has 1 heterocycles. The number of H-pyrrole nitrogens is 1. The molecule has 0 aliphatic rings. The Morgan fingerprint density at radius 3 is 2.47 bits per heavy atom. The number of ether oxygens (including phenoxy) is 1. The number of hydrogen-bond donors (Lipinski definition) is 2. The second-order valence-corrected chi connectivity index (χ2v) is 5.48. The van der Waals surface area contributed by atoms with Crippen molar-refractivity contribution in [3.8, 4) is 5.75 Å². The van der Waals surface area contributed by atoms with E-state index in [9.17, 15) is 0 Å². The van der Waals surface area contributed by atoms with Crippen LogP contribution >= 0.6 is 11.8 Å². The summed E-state index contributed by atoms with van der Waals surface area (Å²) < 4.78 is 5.16. The first-order chi connectivity index (χ1) is 9.10. The Kier molecular flexibility index (Phi) is 4.44. The summed E-state index contributed by atoms with van der Waals surface area (Å²) in [6.07, 6.45) is 0. The SMILES string of the molecule is COc1ccc(C(Sc2n[nH]c(C)n2)C(C)N)cc1. The van der Waals surface area contributed by atoms with Gasteiger partial charge in [-0.1, -0.05) is 23.9 Å². The van der Waals surface area contributed by atoms with E-state index in [4.69, 9.17) is 10.5 Å². The molecule has 0 aliphatic carbocycles. The number of nitrogens with two attached hydrogens (primary N) is 1. The van der Waals surface area contributed by atoms with E-state index in [-0.39, 0.29) is 11.3 Å². The summed E-state index contributed by atoms with van der Waals surface area (Å²) in [4.78, 5) is 4.31. The van der Waals surface area contributed by atoms with Crippen LogP contribution in [0.2, 0.25) is 0 Å². The zero-order valence-electron chi connectivity index (χ0n) is 11.3. The van der Waals surface area contributed by atoms with Crippen LogP contribution in [0.15, 0.2) is 29.4 Å². The molecule has 0 spiro atoms. The van der Waals surface area contributed by atoms with Crippen LogP contribution in [-0.4, -0.2) is 28.3 Å². The van der Waals surface area contributed by atoms with Crippen LogP contribution in [0.4, 0.5) is 0 Å². The Bertz CT molecular complexity index is 524. The van der Waals surface area contributed by atoms with Crippen LogP contribution in [0.25, 0.3) is 0 Å². The minimum atomic E-state index is -0.00259. The number of thioether (sulfide) groups is 1.